The molecule has 0 unspecified atom stereocenters. The first kappa shape index (κ1) is 19.1. The number of rotatable bonds is 6. The first-order valence-corrected chi connectivity index (χ1v) is 10.6. The lowest BCUT2D eigenvalue weighted by atomic mass is 9.70. The minimum atomic E-state index is -0.188. The Bertz CT molecular complexity index is 633. The Morgan fingerprint density at radius 2 is 2.08 bits per heavy atom. The highest BCUT2D eigenvalue weighted by Gasteiger charge is 2.63. The lowest BCUT2D eigenvalue weighted by Crippen LogP contribution is -2.41. The van der Waals surface area contributed by atoms with Gasteiger partial charge in [0, 0.05) is 33.5 Å². The van der Waals surface area contributed by atoms with Gasteiger partial charge in [-0.15, -0.1) is 0 Å². The number of benzene rings is 1. The Labute approximate surface area is 159 Å². The van der Waals surface area contributed by atoms with Gasteiger partial charge in [-0.1, -0.05) is 32.4 Å². The van der Waals surface area contributed by atoms with Crippen molar-refractivity contribution in [2.75, 3.05) is 16.8 Å². The fraction of sp³-hybridized carbons (Fsp3) is 0.650. The second-order valence-corrected chi connectivity index (χ2v) is 9.74. The van der Waals surface area contributed by atoms with Gasteiger partial charge in [-0.2, -0.15) is 11.8 Å². The summed E-state index contributed by atoms with van der Waals surface area (Å²) >= 11 is 7.68. The SMILES string of the molecule is C[C@@H](CSC[C@]12CC[C@H](C[C@H]1O)C2(C)C)C(=O)Nc1ccc(Cl)cc1. The molecule has 1 amide bonds. The van der Waals surface area contributed by atoms with Crippen LogP contribution < -0.4 is 5.32 Å². The van der Waals surface area contributed by atoms with Crippen LogP contribution in [0.4, 0.5) is 5.69 Å². The van der Waals surface area contributed by atoms with Crippen molar-refractivity contribution in [1.29, 1.82) is 0 Å². The molecule has 2 N–H and O–H groups in total. The van der Waals surface area contributed by atoms with Crippen molar-refractivity contribution in [3.05, 3.63) is 29.3 Å². The summed E-state index contributed by atoms with van der Waals surface area (Å²) in [5.41, 5.74) is 0.999. The monoisotopic (exact) mass is 381 g/mol. The summed E-state index contributed by atoms with van der Waals surface area (Å²) in [4.78, 5) is 12.4. The maximum atomic E-state index is 12.4. The van der Waals surface area contributed by atoms with Gasteiger partial charge < -0.3 is 10.4 Å². The molecule has 0 spiro atoms. The Balaban J connectivity index is 1.51. The van der Waals surface area contributed by atoms with Crippen LogP contribution in [0.2, 0.25) is 5.02 Å². The van der Waals surface area contributed by atoms with Gasteiger partial charge >= 0.3 is 0 Å². The van der Waals surface area contributed by atoms with Gasteiger partial charge in [-0.05, 0) is 54.9 Å². The van der Waals surface area contributed by atoms with E-state index >= 15 is 0 Å². The molecule has 0 radical (unpaired) electrons. The molecule has 0 aromatic heterocycles. The van der Waals surface area contributed by atoms with E-state index in [-0.39, 0.29) is 28.8 Å². The normalized spacial score (nSPS) is 31.1. The van der Waals surface area contributed by atoms with E-state index in [1.807, 2.05) is 30.8 Å². The molecule has 138 valence electrons. The Morgan fingerprint density at radius 3 is 2.64 bits per heavy atom. The van der Waals surface area contributed by atoms with Gasteiger partial charge in [0.2, 0.25) is 5.91 Å². The summed E-state index contributed by atoms with van der Waals surface area (Å²) in [5, 5.41) is 14.2. The molecule has 1 aromatic rings. The van der Waals surface area contributed by atoms with E-state index in [2.05, 4.69) is 19.2 Å². The smallest absolute Gasteiger partial charge is 0.228 e. The van der Waals surface area contributed by atoms with Gasteiger partial charge in [0.05, 0.1) is 6.10 Å². The van der Waals surface area contributed by atoms with Crippen molar-refractivity contribution >= 4 is 35.0 Å². The van der Waals surface area contributed by atoms with Crippen LogP contribution in [-0.2, 0) is 4.79 Å². The molecule has 3 rings (SSSR count). The predicted molar refractivity (Wildman–Crippen MR) is 106 cm³/mol. The first-order valence-electron chi connectivity index (χ1n) is 9.08. The zero-order valence-corrected chi connectivity index (χ0v) is 16.8. The molecule has 2 saturated carbocycles. The van der Waals surface area contributed by atoms with E-state index in [9.17, 15) is 9.90 Å². The zero-order chi connectivity index (χ0) is 18.2. The number of halogens is 1. The molecule has 5 heteroatoms. The Morgan fingerprint density at radius 1 is 1.40 bits per heavy atom. The molecule has 1 aromatic carbocycles. The van der Waals surface area contributed by atoms with Crippen molar-refractivity contribution in [3.63, 3.8) is 0 Å². The van der Waals surface area contributed by atoms with Crippen LogP contribution in [0.5, 0.6) is 0 Å². The highest BCUT2D eigenvalue weighted by molar-refractivity contribution is 7.99. The number of anilines is 1. The van der Waals surface area contributed by atoms with Crippen LogP contribution in [0.15, 0.2) is 24.3 Å². The maximum absolute atomic E-state index is 12.4. The molecule has 4 atom stereocenters. The standard InChI is InChI=1S/C20H28ClNO2S/c1-13(18(24)22-16-6-4-15(21)5-7-16)11-25-12-20-9-8-14(10-17(20)23)19(20,2)3/h4-7,13-14,17,23H,8-12H2,1-3H3,(H,22,24)/t13-,14+,17+,20+/m0/s1. The number of thioether (sulfide) groups is 1. The Hall–Kier alpha value is -0.710. The molecular weight excluding hydrogens is 354 g/mol. The summed E-state index contributed by atoms with van der Waals surface area (Å²) in [6.45, 7) is 6.60. The number of fused-ring (bicyclic) bond motifs is 2. The van der Waals surface area contributed by atoms with Crippen LogP contribution in [0.25, 0.3) is 0 Å². The second-order valence-electron chi connectivity index (χ2n) is 8.28. The zero-order valence-electron chi connectivity index (χ0n) is 15.2. The maximum Gasteiger partial charge on any atom is 0.228 e. The molecule has 2 bridgehead atoms. The van der Waals surface area contributed by atoms with Crippen LogP contribution >= 0.6 is 23.4 Å². The number of hydrogen-bond acceptors (Lipinski definition) is 3. The first-order chi connectivity index (χ1) is 11.8. The summed E-state index contributed by atoms with van der Waals surface area (Å²) in [6.07, 6.45) is 3.11. The summed E-state index contributed by atoms with van der Waals surface area (Å²) in [6, 6.07) is 7.18. The largest absolute Gasteiger partial charge is 0.392 e. The van der Waals surface area contributed by atoms with E-state index in [1.165, 1.54) is 6.42 Å². The third-order valence-electron chi connectivity index (χ3n) is 6.68. The summed E-state index contributed by atoms with van der Waals surface area (Å²) < 4.78 is 0. The quantitative estimate of drug-likeness (QED) is 0.741. The van der Waals surface area contributed by atoms with Crippen LogP contribution in [-0.4, -0.2) is 28.6 Å². The molecule has 0 aliphatic heterocycles. The average Bonchev–Trinajstić information content (AvgIpc) is 2.91. The van der Waals surface area contributed by atoms with Gasteiger partial charge in [0.25, 0.3) is 0 Å². The Kier molecular flexibility index (Phi) is 5.44. The van der Waals surface area contributed by atoms with Gasteiger partial charge in [0.1, 0.15) is 0 Å². The molecule has 2 aliphatic carbocycles. The van der Waals surface area contributed by atoms with Crippen molar-refractivity contribution < 1.29 is 9.90 Å². The van der Waals surface area contributed by atoms with E-state index in [1.54, 1.807) is 12.1 Å². The molecule has 0 heterocycles. The number of aliphatic hydroxyl groups is 1. The third-order valence-corrected chi connectivity index (χ3v) is 8.38. The number of hydrogen-bond donors (Lipinski definition) is 2. The number of carbonyl (C=O) groups is 1. The van der Waals surface area contributed by atoms with Crippen LogP contribution in [0, 0.1) is 22.7 Å². The van der Waals surface area contributed by atoms with E-state index in [0.717, 1.165) is 30.0 Å². The van der Waals surface area contributed by atoms with Gasteiger partial charge in [-0.25, -0.2) is 0 Å². The van der Waals surface area contributed by atoms with E-state index < -0.39 is 0 Å². The molecular formula is C20H28ClNO2S. The van der Waals surface area contributed by atoms with Gasteiger partial charge in [0.15, 0.2) is 0 Å². The van der Waals surface area contributed by atoms with Crippen molar-refractivity contribution in [2.45, 2.75) is 46.1 Å². The average molecular weight is 382 g/mol. The second kappa shape index (κ2) is 7.13. The van der Waals surface area contributed by atoms with Crippen molar-refractivity contribution in [3.8, 4) is 0 Å². The van der Waals surface area contributed by atoms with Crippen LogP contribution in [0.1, 0.15) is 40.0 Å². The highest BCUT2D eigenvalue weighted by Crippen LogP contribution is 2.66. The molecule has 2 fully saturated rings. The van der Waals surface area contributed by atoms with Crippen LogP contribution in [0.3, 0.4) is 0 Å². The molecule has 0 saturated heterocycles. The third kappa shape index (κ3) is 3.45. The summed E-state index contributed by atoms with van der Waals surface area (Å²) in [7, 11) is 0. The molecule has 3 nitrogen and oxygen atoms in total. The lowest BCUT2D eigenvalue weighted by molar-refractivity contribution is -0.118. The molecule has 2 aliphatic rings. The van der Waals surface area contributed by atoms with Crippen molar-refractivity contribution in [2.24, 2.45) is 22.7 Å². The fourth-order valence-electron chi connectivity index (χ4n) is 4.67. The highest BCUT2D eigenvalue weighted by atomic mass is 35.5. The number of carbonyl (C=O) groups excluding carboxylic acids is 1. The van der Waals surface area contributed by atoms with Gasteiger partial charge in [-0.3, -0.25) is 4.79 Å². The minimum Gasteiger partial charge on any atom is -0.392 e. The van der Waals surface area contributed by atoms with E-state index in [4.69, 9.17) is 11.6 Å². The predicted octanol–water partition coefficient (Wildman–Crippen LogP) is 4.84. The fourth-order valence-corrected chi connectivity index (χ4v) is 6.49. The lowest BCUT2D eigenvalue weighted by Gasteiger charge is -2.40. The topological polar surface area (TPSA) is 49.3 Å². The van der Waals surface area contributed by atoms with E-state index in [0.29, 0.717) is 10.9 Å². The number of nitrogens with one attached hydrogen (secondary N) is 1. The number of amides is 1. The minimum absolute atomic E-state index is 0.0225. The summed E-state index contributed by atoms with van der Waals surface area (Å²) in [5.74, 6) is 2.32. The van der Waals surface area contributed by atoms with Crippen molar-refractivity contribution in [1.82, 2.24) is 0 Å². The molecule has 25 heavy (non-hydrogen) atoms. The number of aliphatic hydroxyl groups excluding tert-OH is 1.